The number of benzene rings is 2. The molecular weight excluding hydrogens is 288 g/mol. The first-order valence-corrected chi connectivity index (χ1v) is 7.85. The van der Waals surface area contributed by atoms with Crippen LogP contribution in [0.2, 0.25) is 0 Å². The van der Waals surface area contributed by atoms with Crippen molar-refractivity contribution < 1.29 is 13.2 Å². The van der Waals surface area contributed by atoms with Crippen molar-refractivity contribution in [3.05, 3.63) is 54.1 Å². The molecule has 21 heavy (non-hydrogen) atoms. The summed E-state index contributed by atoms with van der Waals surface area (Å²) in [7, 11) is -2.02. The van der Waals surface area contributed by atoms with Gasteiger partial charge in [0.15, 0.2) is 0 Å². The summed E-state index contributed by atoms with van der Waals surface area (Å²) in [5, 5.41) is 3.07. The van der Waals surface area contributed by atoms with Crippen LogP contribution >= 0.6 is 0 Å². The number of para-hydroxylation sites is 1. The minimum Gasteiger partial charge on any atom is -0.497 e. The van der Waals surface area contributed by atoms with Crippen molar-refractivity contribution in [2.75, 3.05) is 12.4 Å². The zero-order chi connectivity index (χ0) is 14.9. The summed E-state index contributed by atoms with van der Waals surface area (Å²) in [6.07, 6.45) is 0.414. The third kappa shape index (κ3) is 2.75. The Morgan fingerprint density at radius 1 is 1.10 bits per heavy atom. The molecule has 1 aliphatic heterocycles. The van der Waals surface area contributed by atoms with E-state index in [1.165, 1.54) is 0 Å². The highest BCUT2D eigenvalue weighted by Gasteiger charge is 2.24. The van der Waals surface area contributed by atoms with Crippen molar-refractivity contribution >= 4 is 21.5 Å². The van der Waals surface area contributed by atoms with Gasteiger partial charge >= 0.3 is 0 Å². The van der Waals surface area contributed by atoms with E-state index in [-0.39, 0.29) is 4.90 Å². The lowest BCUT2D eigenvalue weighted by Crippen LogP contribution is -2.23. The van der Waals surface area contributed by atoms with Gasteiger partial charge in [0.2, 0.25) is 0 Å². The van der Waals surface area contributed by atoms with Gasteiger partial charge in [0.1, 0.15) is 16.5 Å². The van der Waals surface area contributed by atoms with Gasteiger partial charge in [0.25, 0.3) is 10.0 Å². The lowest BCUT2D eigenvalue weighted by atomic mass is 10.1. The molecule has 0 saturated heterocycles. The SMILES string of the molecule is COc1ccc(CC2=NS(=O)(=O)c3ccccc3N2)cc1. The summed E-state index contributed by atoms with van der Waals surface area (Å²) in [5.74, 6) is 1.18. The molecule has 0 atom stereocenters. The zero-order valence-electron chi connectivity index (χ0n) is 11.4. The largest absolute Gasteiger partial charge is 0.497 e. The molecule has 1 aliphatic rings. The first-order valence-electron chi connectivity index (χ1n) is 6.41. The predicted octanol–water partition coefficient (Wildman–Crippen LogP) is 2.45. The van der Waals surface area contributed by atoms with Crippen LogP contribution in [0.15, 0.2) is 57.8 Å². The number of amidine groups is 1. The second kappa shape index (κ2) is 5.21. The molecule has 0 spiro atoms. The zero-order valence-corrected chi connectivity index (χ0v) is 12.2. The van der Waals surface area contributed by atoms with Crippen molar-refractivity contribution in [2.45, 2.75) is 11.3 Å². The van der Waals surface area contributed by atoms with Crippen LogP contribution in [-0.2, 0) is 16.4 Å². The Morgan fingerprint density at radius 3 is 2.52 bits per heavy atom. The maximum absolute atomic E-state index is 12.1. The fourth-order valence-electron chi connectivity index (χ4n) is 2.18. The molecule has 3 rings (SSSR count). The molecule has 0 fully saturated rings. The van der Waals surface area contributed by atoms with E-state index in [2.05, 4.69) is 9.71 Å². The highest BCUT2D eigenvalue weighted by Crippen LogP contribution is 2.27. The number of rotatable bonds is 3. The van der Waals surface area contributed by atoms with Crippen LogP contribution in [-0.4, -0.2) is 21.4 Å². The van der Waals surface area contributed by atoms with Crippen molar-refractivity contribution in [3.8, 4) is 5.75 Å². The van der Waals surface area contributed by atoms with E-state index in [1.54, 1.807) is 31.4 Å². The fraction of sp³-hybridized carbons (Fsp3) is 0.133. The number of hydrogen-bond donors (Lipinski definition) is 1. The molecule has 6 heteroatoms. The van der Waals surface area contributed by atoms with Gasteiger partial charge in [-0.25, -0.2) is 0 Å². The predicted molar refractivity (Wildman–Crippen MR) is 81.4 cm³/mol. The first-order chi connectivity index (χ1) is 10.1. The number of anilines is 1. The molecule has 2 aromatic carbocycles. The van der Waals surface area contributed by atoms with Crippen molar-refractivity contribution in [2.24, 2.45) is 4.40 Å². The average molecular weight is 302 g/mol. The van der Waals surface area contributed by atoms with Crippen LogP contribution in [0.3, 0.4) is 0 Å². The molecule has 0 radical (unpaired) electrons. The molecule has 1 heterocycles. The molecule has 5 nitrogen and oxygen atoms in total. The smallest absolute Gasteiger partial charge is 0.286 e. The summed E-state index contributed by atoms with van der Waals surface area (Å²) >= 11 is 0. The molecule has 2 aromatic rings. The third-order valence-electron chi connectivity index (χ3n) is 3.20. The van der Waals surface area contributed by atoms with E-state index >= 15 is 0 Å². The molecular formula is C15H14N2O3S. The molecule has 0 aliphatic carbocycles. The van der Waals surface area contributed by atoms with Gasteiger partial charge in [-0.3, -0.25) is 0 Å². The van der Waals surface area contributed by atoms with Crippen LogP contribution in [0, 0.1) is 0 Å². The van der Waals surface area contributed by atoms with Crippen LogP contribution < -0.4 is 10.1 Å². The summed E-state index contributed by atoms with van der Waals surface area (Å²) in [5.41, 5.74) is 1.52. The maximum atomic E-state index is 12.1. The van der Waals surface area contributed by atoms with Crippen molar-refractivity contribution in [1.29, 1.82) is 0 Å². The number of hydrogen-bond acceptors (Lipinski definition) is 4. The van der Waals surface area contributed by atoms with Gasteiger partial charge < -0.3 is 10.1 Å². The van der Waals surface area contributed by atoms with E-state index in [0.29, 0.717) is 17.9 Å². The van der Waals surface area contributed by atoms with Gasteiger partial charge in [-0.2, -0.15) is 8.42 Å². The normalized spacial score (nSPS) is 15.6. The standard InChI is InChI=1S/C15H14N2O3S/c1-20-12-8-6-11(7-9-12)10-15-16-13-4-2-3-5-14(13)21(18,19)17-15/h2-9H,10H2,1H3,(H,16,17). The molecule has 108 valence electrons. The fourth-order valence-corrected chi connectivity index (χ4v) is 3.33. The number of ether oxygens (including phenoxy) is 1. The van der Waals surface area contributed by atoms with Crippen LogP contribution in [0.4, 0.5) is 5.69 Å². The van der Waals surface area contributed by atoms with E-state index in [9.17, 15) is 8.42 Å². The lowest BCUT2D eigenvalue weighted by molar-refractivity contribution is 0.414. The van der Waals surface area contributed by atoms with Crippen molar-refractivity contribution in [1.82, 2.24) is 0 Å². The Morgan fingerprint density at radius 2 is 1.81 bits per heavy atom. The summed E-state index contributed by atoms with van der Waals surface area (Å²) < 4.78 is 33.2. The number of methoxy groups -OCH3 is 1. The maximum Gasteiger partial charge on any atom is 0.286 e. The molecule has 0 unspecified atom stereocenters. The van der Waals surface area contributed by atoms with E-state index < -0.39 is 10.0 Å². The minimum absolute atomic E-state index is 0.212. The summed E-state index contributed by atoms with van der Waals surface area (Å²) in [6.45, 7) is 0. The quantitative estimate of drug-likeness (QED) is 0.945. The highest BCUT2D eigenvalue weighted by atomic mass is 32.2. The number of nitrogens with one attached hydrogen (secondary N) is 1. The Kier molecular flexibility index (Phi) is 3.39. The van der Waals surface area contributed by atoms with Gasteiger partial charge in [0.05, 0.1) is 12.8 Å². The van der Waals surface area contributed by atoms with E-state index in [4.69, 9.17) is 4.74 Å². The highest BCUT2D eigenvalue weighted by molar-refractivity contribution is 7.90. The Labute approximate surface area is 123 Å². The van der Waals surface area contributed by atoms with Gasteiger partial charge in [-0.05, 0) is 29.8 Å². The monoisotopic (exact) mass is 302 g/mol. The van der Waals surface area contributed by atoms with Gasteiger partial charge in [-0.1, -0.05) is 24.3 Å². The Balaban J connectivity index is 1.89. The third-order valence-corrected chi connectivity index (χ3v) is 4.58. The van der Waals surface area contributed by atoms with Crippen LogP contribution in [0.5, 0.6) is 5.75 Å². The lowest BCUT2D eigenvalue weighted by Gasteiger charge is -2.18. The summed E-state index contributed by atoms with van der Waals surface area (Å²) in [6, 6.07) is 14.2. The Hall–Kier alpha value is -2.34. The molecule has 0 aromatic heterocycles. The second-order valence-electron chi connectivity index (χ2n) is 4.66. The van der Waals surface area contributed by atoms with Crippen LogP contribution in [0.1, 0.15) is 5.56 Å². The average Bonchev–Trinajstić information content (AvgIpc) is 2.47. The van der Waals surface area contributed by atoms with Crippen molar-refractivity contribution in [3.63, 3.8) is 0 Å². The van der Waals surface area contributed by atoms with Gasteiger partial charge in [-0.15, -0.1) is 4.40 Å². The number of fused-ring (bicyclic) bond motifs is 1. The van der Waals surface area contributed by atoms with E-state index in [1.807, 2.05) is 24.3 Å². The number of nitrogens with zero attached hydrogens (tertiary/aromatic N) is 1. The second-order valence-corrected chi connectivity index (χ2v) is 6.23. The topological polar surface area (TPSA) is 67.8 Å². The molecule has 0 amide bonds. The molecule has 0 saturated carbocycles. The van der Waals surface area contributed by atoms with Gasteiger partial charge in [0, 0.05) is 6.42 Å². The molecule has 0 bridgehead atoms. The first kappa shape index (κ1) is 13.6. The minimum atomic E-state index is -3.62. The van der Waals surface area contributed by atoms with Crippen LogP contribution in [0.25, 0.3) is 0 Å². The molecule has 1 N–H and O–H groups in total. The van der Waals surface area contributed by atoms with E-state index in [0.717, 1.165) is 11.3 Å². The summed E-state index contributed by atoms with van der Waals surface area (Å²) in [4.78, 5) is 0.212. The number of sulfonamides is 1. The Bertz CT molecular complexity index is 796.